The van der Waals surface area contributed by atoms with Gasteiger partial charge < -0.3 is 19.7 Å². The third kappa shape index (κ3) is 5.71. The monoisotopic (exact) mass is 419 g/mol. The first kappa shape index (κ1) is 21.1. The zero-order valence-electron chi connectivity index (χ0n) is 16.7. The number of rotatable bonds is 8. The van der Waals surface area contributed by atoms with E-state index in [-0.39, 0.29) is 5.69 Å². The van der Waals surface area contributed by atoms with Crippen molar-refractivity contribution in [1.82, 2.24) is 14.9 Å². The molecule has 0 amide bonds. The Morgan fingerprint density at radius 2 is 2.03 bits per heavy atom. The Hall–Kier alpha value is -2.58. The molecule has 0 aliphatic carbocycles. The summed E-state index contributed by atoms with van der Waals surface area (Å²) in [6.45, 7) is 7.28. The van der Waals surface area contributed by atoms with Crippen molar-refractivity contribution >= 4 is 29.2 Å². The van der Waals surface area contributed by atoms with Crippen LogP contribution in [-0.2, 0) is 4.74 Å². The summed E-state index contributed by atoms with van der Waals surface area (Å²) in [5.74, 6) is 0.825. The van der Waals surface area contributed by atoms with E-state index < -0.39 is 5.97 Å². The number of hydrogen-bond acceptors (Lipinski definition) is 8. The maximum absolute atomic E-state index is 11.8. The number of anilines is 2. The molecular formula is C20H26ClN5O3. The molecule has 29 heavy (non-hydrogen) atoms. The maximum Gasteiger partial charge on any atom is 0.357 e. The summed E-state index contributed by atoms with van der Waals surface area (Å²) in [6, 6.07) is 7.24. The van der Waals surface area contributed by atoms with Crippen LogP contribution in [-0.4, -0.2) is 73.8 Å². The lowest BCUT2D eigenvalue weighted by Crippen LogP contribution is -2.47. The Morgan fingerprint density at radius 1 is 1.24 bits per heavy atom. The molecule has 0 unspecified atom stereocenters. The molecule has 3 rings (SSSR count). The Bertz CT molecular complexity index is 828. The van der Waals surface area contributed by atoms with Gasteiger partial charge in [-0.15, -0.1) is 0 Å². The molecule has 1 saturated heterocycles. The van der Waals surface area contributed by atoms with E-state index in [0.717, 1.165) is 44.2 Å². The first-order valence-corrected chi connectivity index (χ1v) is 10.0. The van der Waals surface area contributed by atoms with E-state index in [0.29, 0.717) is 24.1 Å². The summed E-state index contributed by atoms with van der Waals surface area (Å²) in [4.78, 5) is 24.8. The van der Waals surface area contributed by atoms with Gasteiger partial charge in [0.05, 0.1) is 19.4 Å². The van der Waals surface area contributed by atoms with Crippen LogP contribution in [0.15, 0.2) is 30.5 Å². The number of nitrogens with zero attached hydrogens (tertiary/aromatic N) is 4. The third-order valence-electron chi connectivity index (χ3n) is 4.71. The normalized spacial score (nSPS) is 14.5. The van der Waals surface area contributed by atoms with Crippen LogP contribution in [0.4, 0.5) is 11.6 Å². The molecule has 1 N–H and O–H groups in total. The highest BCUT2D eigenvalue weighted by molar-refractivity contribution is 6.30. The number of nitrogens with one attached hydrogen (secondary N) is 1. The number of ether oxygens (including phenoxy) is 2. The third-order valence-corrected chi connectivity index (χ3v) is 4.94. The van der Waals surface area contributed by atoms with Crippen LogP contribution < -0.4 is 15.0 Å². The average molecular weight is 420 g/mol. The Kier molecular flexibility index (Phi) is 7.48. The van der Waals surface area contributed by atoms with Crippen molar-refractivity contribution in [3.63, 3.8) is 0 Å². The predicted octanol–water partition coefficient (Wildman–Crippen LogP) is 2.55. The van der Waals surface area contributed by atoms with Crippen molar-refractivity contribution in [2.75, 3.05) is 63.2 Å². The van der Waals surface area contributed by atoms with Crippen LogP contribution in [0.5, 0.6) is 5.75 Å². The number of carbonyl (C=O) groups excluding carboxylic acids is 1. The van der Waals surface area contributed by atoms with E-state index in [2.05, 4.69) is 25.1 Å². The van der Waals surface area contributed by atoms with E-state index in [9.17, 15) is 4.79 Å². The molecular weight excluding hydrogens is 394 g/mol. The number of halogens is 1. The molecule has 0 bridgehead atoms. The van der Waals surface area contributed by atoms with E-state index in [1.807, 2.05) is 18.2 Å². The summed E-state index contributed by atoms with van der Waals surface area (Å²) in [5.41, 5.74) is 1.29. The SMILES string of the molecule is CCOC(=O)c1ccnc(NCCN2CCN(c3cc(Cl)ccc3OC)CC2)n1. The lowest BCUT2D eigenvalue weighted by atomic mass is 10.2. The molecule has 1 aliphatic rings. The number of piperazine rings is 1. The summed E-state index contributed by atoms with van der Waals surface area (Å²) in [5, 5.41) is 3.88. The summed E-state index contributed by atoms with van der Waals surface area (Å²) < 4.78 is 10.4. The molecule has 8 nitrogen and oxygen atoms in total. The van der Waals surface area contributed by atoms with Gasteiger partial charge in [-0.2, -0.15) is 0 Å². The molecule has 1 fully saturated rings. The zero-order valence-corrected chi connectivity index (χ0v) is 17.5. The van der Waals surface area contributed by atoms with Gasteiger partial charge >= 0.3 is 5.97 Å². The summed E-state index contributed by atoms with van der Waals surface area (Å²) >= 11 is 6.15. The highest BCUT2D eigenvalue weighted by Crippen LogP contribution is 2.31. The summed E-state index contributed by atoms with van der Waals surface area (Å²) in [6.07, 6.45) is 1.55. The number of carbonyl (C=O) groups is 1. The minimum absolute atomic E-state index is 0.258. The summed E-state index contributed by atoms with van der Waals surface area (Å²) in [7, 11) is 1.67. The molecule has 2 aromatic rings. The van der Waals surface area contributed by atoms with Gasteiger partial charge in [-0.25, -0.2) is 14.8 Å². The first-order valence-electron chi connectivity index (χ1n) is 9.65. The topological polar surface area (TPSA) is 79.8 Å². The molecule has 9 heteroatoms. The molecule has 0 spiro atoms. The minimum atomic E-state index is -0.439. The fourth-order valence-electron chi connectivity index (χ4n) is 3.21. The molecule has 156 valence electrons. The molecule has 0 radical (unpaired) electrons. The predicted molar refractivity (Wildman–Crippen MR) is 113 cm³/mol. The van der Waals surface area contributed by atoms with Gasteiger partial charge in [0.2, 0.25) is 5.95 Å². The second kappa shape index (κ2) is 10.3. The van der Waals surface area contributed by atoms with Crippen molar-refractivity contribution in [3.05, 3.63) is 41.2 Å². The van der Waals surface area contributed by atoms with Gasteiger partial charge in [0, 0.05) is 50.5 Å². The highest BCUT2D eigenvalue weighted by Gasteiger charge is 2.20. The number of methoxy groups -OCH3 is 1. The van der Waals surface area contributed by atoms with Crippen LogP contribution in [0.25, 0.3) is 0 Å². The molecule has 1 aromatic carbocycles. The molecule has 1 aromatic heterocycles. The van der Waals surface area contributed by atoms with Crippen molar-refractivity contribution in [2.24, 2.45) is 0 Å². The number of benzene rings is 1. The smallest absolute Gasteiger partial charge is 0.357 e. The van der Waals surface area contributed by atoms with Gasteiger partial charge in [0.1, 0.15) is 5.75 Å². The van der Waals surface area contributed by atoms with E-state index >= 15 is 0 Å². The van der Waals surface area contributed by atoms with Gasteiger partial charge in [0.25, 0.3) is 0 Å². The molecule has 0 saturated carbocycles. The fraction of sp³-hybridized carbons (Fsp3) is 0.450. The van der Waals surface area contributed by atoms with Crippen molar-refractivity contribution in [3.8, 4) is 5.75 Å². The number of hydrogen-bond donors (Lipinski definition) is 1. The van der Waals surface area contributed by atoms with Gasteiger partial charge in [0.15, 0.2) is 5.69 Å². The molecule has 1 aliphatic heterocycles. The second-order valence-corrected chi connectivity index (χ2v) is 6.99. The van der Waals surface area contributed by atoms with Crippen LogP contribution >= 0.6 is 11.6 Å². The van der Waals surface area contributed by atoms with Gasteiger partial charge in [-0.05, 0) is 31.2 Å². The number of esters is 1. The Labute approximate surface area is 175 Å². The first-order chi connectivity index (χ1) is 14.1. The van der Waals surface area contributed by atoms with Gasteiger partial charge in [-0.3, -0.25) is 4.90 Å². The van der Waals surface area contributed by atoms with Crippen LogP contribution in [0, 0.1) is 0 Å². The van der Waals surface area contributed by atoms with Crippen molar-refractivity contribution in [2.45, 2.75) is 6.92 Å². The van der Waals surface area contributed by atoms with Gasteiger partial charge in [-0.1, -0.05) is 11.6 Å². The van der Waals surface area contributed by atoms with Crippen LogP contribution in [0.3, 0.4) is 0 Å². The van der Waals surface area contributed by atoms with E-state index in [4.69, 9.17) is 21.1 Å². The zero-order chi connectivity index (χ0) is 20.6. The lowest BCUT2D eigenvalue weighted by molar-refractivity contribution is 0.0519. The quantitative estimate of drug-likeness (QED) is 0.654. The Balaban J connectivity index is 1.47. The Morgan fingerprint density at radius 3 is 2.76 bits per heavy atom. The minimum Gasteiger partial charge on any atom is -0.495 e. The number of aromatic nitrogens is 2. The standard InChI is InChI=1S/C20H26ClN5O3/c1-3-29-19(27)16-6-7-22-20(24-16)23-8-9-25-10-12-26(13-11-25)17-14-15(21)4-5-18(17)28-2/h4-7,14H,3,8-13H2,1-2H3,(H,22,23,24). The van der Waals surface area contributed by atoms with Crippen molar-refractivity contribution < 1.29 is 14.3 Å². The van der Waals surface area contributed by atoms with Crippen LogP contribution in [0.2, 0.25) is 5.02 Å². The largest absolute Gasteiger partial charge is 0.495 e. The highest BCUT2D eigenvalue weighted by atomic mass is 35.5. The molecule has 2 heterocycles. The van der Waals surface area contributed by atoms with E-state index in [1.54, 1.807) is 26.3 Å². The van der Waals surface area contributed by atoms with Crippen LogP contribution in [0.1, 0.15) is 17.4 Å². The molecule has 0 atom stereocenters. The van der Waals surface area contributed by atoms with Crippen molar-refractivity contribution in [1.29, 1.82) is 0 Å². The fourth-order valence-corrected chi connectivity index (χ4v) is 3.38. The lowest BCUT2D eigenvalue weighted by Gasteiger charge is -2.36. The second-order valence-electron chi connectivity index (χ2n) is 6.56. The average Bonchev–Trinajstić information content (AvgIpc) is 2.74. The van der Waals surface area contributed by atoms with E-state index in [1.165, 1.54) is 0 Å². The maximum atomic E-state index is 11.8.